The van der Waals surface area contributed by atoms with Gasteiger partial charge in [-0.2, -0.15) is 9.78 Å². The molecule has 1 aromatic heterocycles. The lowest BCUT2D eigenvalue weighted by Gasteiger charge is -2.08. The van der Waals surface area contributed by atoms with Crippen LogP contribution in [0.1, 0.15) is 18.4 Å². The molecule has 0 unspecified atom stereocenters. The summed E-state index contributed by atoms with van der Waals surface area (Å²) in [4.78, 5) is 0. The van der Waals surface area contributed by atoms with Crippen molar-refractivity contribution in [2.45, 2.75) is 19.3 Å². The van der Waals surface area contributed by atoms with Crippen LogP contribution in [0.5, 0.6) is 5.75 Å². The summed E-state index contributed by atoms with van der Waals surface area (Å²) in [5, 5.41) is 8.28. The van der Waals surface area contributed by atoms with E-state index in [1.807, 2.05) is 18.2 Å². The quantitative estimate of drug-likeness (QED) is 0.783. The summed E-state index contributed by atoms with van der Waals surface area (Å²) >= 11 is 8.65. The molecule has 2 aromatic rings. The molecule has 116 valence electrons. The maximum Gasteiger partial charge on any atom is 0.193 e. The van der Waals surface area contributed by atoms with Gasteiger partial charge in [0.15, 0.2) is 5.11 Å². The second kappa shape index (κ2) is 6.26. The van der Waals surface area contributed by atoms with Crippen LogP contribution in [0.2, 0.25) is 0 Å². The van der Waals surface area contributed by atoms with Gasteiger partial charge in [0.1, 0.15) is 17.3 Å². The third-order valence-corrected chi connectivity index (χ3v) is 4.42. The minimum Gasteiger partial charge on any atom is -0.496 e. The van der Waals surface area contributed by atoms with Crippen molar-refractivity contribution < 1.29 is 4.74 Å². The predicted molar refractivity (Wildman–Crippen MR) is 95.5 cm³/mol. The van der Waals surface area contributed by atoms with Crippen LogP contribution in [0.3, 0.4) is 0 Å². The van der Waals surface area contributed by atoms with E-state index in [0.29, 0.717) is 0 Å². The molecule has 0 radical (unpaired) electrons. The van der Waals surface area contributed by atoms with Gasteiger partial charge in [0.2, 0.25) is 0 Å². The molecule has 3 N–H and O–H groups in total. The largest absolute Gasteiger partial charge is 0.496 e. The molecule has 0 spiro atoms. The second-order valence-corrected chi connectivity index (χ2v) is 6.49. The fourth-order valence-corrected chi connectivity index (χ4v) is 3.24. The van der Waals surface area contributed by atoms with Crippen molar-refractivity contribution in [1.82, 2.24) is 9.78 Å². The average Bonchev–Trinajstić information content (AvgIpc) is 2.69. The van der Waals surface area contributed by atoms with Crippen LogP contribution in [-0.4, -0.2) is 28.5 Å². The first-order valence-corrected chi connectivity index (χ1v) is 8.31. The van der Waals surface area contributed by atoms with Crippen LogP contribution < -0.4 is 15.8 Å². The van der Waals surface area contributed by atoms with Crippen LogP contribution in [0, 0.1) is 0 Å². The van der Waals surface area contributed by atoms with Gasteiger partial charge in [-0.1, -0.05) is 15.9 Å². The minimum absolute atomic E-state index is 0.242. The smallest absolute Gasteiger partial charge is 0.193 e. The molecule has 0 saturated carbocycles. The van der Waals surface area contributed by atoms with E-state index in [2.05, 4.69) is 26.3 Å². The Kier molecular flexibility index (Phi) is 4.35. The highest BCUT2D eigenvalue weighted by Crippen LogP contribution is 2.38. The van der Waals surface area contributed by atoms with Gasteiger partial charge in [-0.3, -0.25) is 0 Å². The Morgan fingerprint density at radius 1 is 1.45 bits per heavy atom. The molecule has 0 aliphatic carbocycles. The summed E-state index contributed by atoms with van der Waals surface area (Å²) in [6.45, 7) is 0.899. The molecule has 0 fully saturated rings. The predicted octanol–water partition coefficient (Wildman–Crippen LogP) is 3.16. The zero-order chi connectivity index (χ0) is 15.7. The summed E-state index contributed by atoms with van der Waals surface area (Å²) in [5.41, 5.74) is 8.78. The second-order valence-electron chi connectivity index (χ2n) is 5.15. The Morgan fingerprint density at radius 3 is 3.00 bits per heavy atom. The van der Waals surface area contributed by atoms with Gasteiger partial charge in [0.25, 0.3) is 0 Å². The van der Waals surface area contributed by atoms with Crippen molar-refractivity contribution in [3.8, 4) is 17.0 Å². The number of hydrogen-bond acceptors (Lipinski definition) is 4. The van der Waals surface area contributed by atoms with Gasteiger partial charge < -0.3 is 15.8 Å². The van der Waals surface area contributed by atoms with E-state index in [0.717, 1.165) is 58.7 Å². The molecule has 22 heavy (non-hydrogen) atoms. The summed E-state index contributed by atoms with van der Waals surface area (Å²) in [6.07, 6.45) is 3.16. The lowest BCUT2D eigenvalue weighted by molar-refractivity contribution is 0.416. The third kappa shape index (κ3) is 2.70. The van der Waals surface area contributed by atoms with Crippen molar-refractivity contribution in [2.75, 3.05) is 19.0 Å². The molecule has 0 bridgehead atoms. The number of thiocarbonyl (C=S) groups is 1. The van der Waals surface area contributed by atoms with Crippen LogP contribution in [0.25, 0.3) is 11.3 Å². The standard InChI is InChI=1S/C15H17BrN4OS/c1-21-12-6-5-9(16)8-11(12)13-10-4-2-3-7-18-14(10)20(19-13)15(17)22/h5-6,8,18H,2-4,7H2,1H3,(H2,17,22). The Bertz CT molecular complexity index is 729. The van der Waals surface area contributed by atoms with E-state index in [1.165, 1.54) is 0 Å². The van der Waals surface area contributed by atoms with E-state index in [4.69, 9.17) is 22.7 Å². The summed E-state index contributed by atoms with van der Waals surface area (Å²) in [5.74, 6) is 1.69. The maximum atomic E-state index is 5.83. The third-order valence-electron chi connectivity index (χ3n) is 3.75. The van der Waals surface area contributed by atoms with Crippen molar-refractivity contribution >= 4 is 39.1 Å². The molecule has 5 nitrogen and oxygen atoms in total. The number of hydrogen-bond donors (Lipinski definition) is 2. The highest BCUT2D eigenvalue weighted by Gasteiger charge is 2.23. The zero-order valence-corrected chi connectivity index (χ0v) is 14.6. The van der Waals surface area contributed by atoms with Crippen molar-refractivity contribution in [2.24, 2.45) is 5.73 Å². The summed E-state index contributed by atoms with van der Waals surface area (Å²) < 4.78 is 8.08. The van der Waals surface area contributed by atoms with Gasteiger partial charge >= 0.3 is 0 Å². The first kappa shape index (κ1) is 15.3. The van der Waals surface area contributed by atoms with E-state index < -0.39 is 0 Å². The van der Waals surface area contributed by atoms with Gasteiger partial charge in [-0.25, -0.2) is 0 Å². The molecule has 0 amide bonds. The number of halogens is 1. The topological polar surface area (TPSA) is 65.1 Å². The Hall–Kier alpha value is -1.60. The summed E-state index contributed by atoms with van der Waals surface area (Å²) in [7, 11) is 1.66. The number of nitrogens with zero attached hydrogens (tertiary/aromatic N) is 2. The molecule has 0 saturated heterocycles. The van der Waals surface area contributed by atoms with Crippen LogP contribution >= 0.6 is 28.1 Å². The highest BCUT2D eigenvalue weighted by molar-refractivity contribution is 9.10. The van der Waals surface area contributed by atoms with Gasteiger partial charge in [0.05, 0.1) is 7.11 Å². The number of nitrogens with two attached hydrogens (primary N) is 1. The van der Waals surface area contributed by atoms with Gasteiger partial charge in [-0.05, 0) is 49.7 Å². The molecule has 0 atom stereocenters. The average molecular weight is 381 g/mol. The Labute approximate surface area is 143 Å². The molecule has 3 rings (SSSR count). The number of benzene rings is 1. The molecule has 1 aliphatic heterocycles. The minimum atomic E-state index is 0.242. The fourth-order valence-electron chi connectivity index (χ4n) is 2.74. The number of fused-ring (bicyclic) bond motifs is 1. The SMILES string of the molecule is COc1ccc(Br)cc1-c1nn(C(N)=S)c2c1CCCCN2. The first-order chi connectivity index (χ1) is 10.6. The maximum absolute atomic E-state index is 5.83. The van der Waals surface area contributed by atoms with Crippen LogP contribution in [0.4, 0.5) is 5.82 Å². The number of nitrogens with one attached hydrogen (secondary N) is 1. The van der Waals surface area contributed by atoms with Crippen molar-refractivity contribution in [3.63, 3.8) is 0 Å². The number of methoxy groups -OCH3 is 1. The van der Waals surface area contributed by atoms with E-state index in [1.54, 1.807) is 11.8 Å². The van der Waals surface area contributed by atoms with Gasteiger partial charge in [0, 0.05) is 22.1 Å². The van der Waals surface area contributed by atoms with Crippen molar-refractivity contribution in [1.29, 1.82) is 0 Å². The number of rotatable bonds is 2. The fraction of sp³-hybridized carbons (Fsp3) is 0.333. The van der Waals surface area contributed by atoms with E-state index in [9.17, 15) is 0 Å². The Balaban J connectivity index is 2.23. The molecule has 1 aliphatic rings. The van der Waals surface area contributed by atoms with E-state index >= 15 is 0 Å². The lowest BCUT2D eigenvalue weighted by Crippen LogP contribution is -2.22. The van der Waals surface area contributed by atoms with Crippen LogP contribution in [0.15, 0.2) is 22.7 Å². The monoisotopic (exact) mass is 380 g/mol. The normalized spacial score (nSPS) is 13.9. The molecular weight excluding hydrogens is 364 g/mol. The molecule has 1 aromatic carbocycles. The number of ether oxygens (including phenoxy) is 1. The lowest BCUT2D eigenvalue weighted by atomic mass is 10.0. The highest BCUT2D eigenvalue weighted by atomic mass is 79.9. The number of aromatic nitrogens is 2. The molecule has 7 heteroatoms. The van der Waals surface area contributed by atoms with Gasteiger partial charge in [-0.15, -0.1) is 0 Å². The van der Waals surface area contributed by atoms with Crippen LogP contribution in [-0.2, 0) is 6.42 Å². The summed E-state index contributed by atoms with van der Waals surface area (Å²) in [6, 6.07) is 5.88. The van der Waals surface area contributed by atoms with E-state index in [-0.39, 0.29) is 5.11 Å². The molecule has 2 heterocycles. The molecular formula is C15H17BrN4OS. The zero-order valence-electron chi connectivity index (χ0n) is 12.2. The van der Waals surface area contributed by atoms with Crippen molar-refractivity contribution in [3.05, 3.63) is 28.2 Å². The first-order valence-electron chi connectivity index (χ1n) is 7.11. The number of anilines is 1. The Morgan fingerprint density at radius 2 is 2.27 bits per heavy atom.